The first kappa shape index (κ1) is 12.9. The Morgan fingerprint density at radius 2 is 2.06 bits per heavy atom. The van der Waals surface area contributed by atoms with Crippen LogP contribution in [-0.4, -0.2) is 36.0 Å². The van der Waals surface area contributed by atoms with Crippen molar-refractivity contribution in [2.75, 3.05) is 19.6 Å². The Hall–Kier alpha value is -0.570. The van der Waals surface area contributed by atoms with E-state index in [0.717, 1.165) is 38.9 Å². The van der Waals surface area contributed by atoms with Crippen LogP contribution in [0.25, 0.3) is 0 Å². The third-order valence-electron chi connectivity index (χ3n) is 4.37. The van der Waals surface area contributed by atoms with Crippen LogP contribution in [0.3, 0.4) is 0 Å². The Morgan fingerprint density at radius 1 is 1.29 bits per heavy atom. The molecule has 0 unspecified atom stereocenters. The highest BCUT2D eigenvalue weighted by Crippen LogP contribution is 2.35. The molecule has 1 amide bonds. The fraction of sp³-hybridized carbons (Fsp3) is 0.929. The number of nitrogens with one attached hydrogen (secondary N) is 1. The lowest BCUT2D eigenvalue weighted by atomic mass is 9.79. The molecule has 0 aromatic carbocycles. The number of rotatable bonds is 3. The van der Waals surface area contributed by atoms with Gasteiger partial charge in [0.25, 0.3) is 0 Å². The van der Waals surface area contributed by atoms with Gasteiger partial charge >= 0.3 is 0 Å². The van der Waals surface area contributed by atoms with Gasteiger partial charge in [0.15, 0.2) is 0 Å². The monoisotopic (exact) mass is 238 g/mol. The topological polar surface area (TPSA) is 32.3 Å². The predicted molar refractivity (Wildman–Crippen MR) is 69.9 cm³/mol. The number of nitrogens with zero attached hydrogens (tertiary/aromatic N) is 1. The fourth-order valence-corrected chi connectivity index (χ4v) is 3.35. The summed E-state index contributed by atoms with van der Waals surface area (Å²) in [5.41, 5.74) is 0.168. The zero-order chi connectivity index (χ0) is 12.1. The van der Waals surface area contributed by atoms with Crippen LogP contribution in [0.5, 0.6) is 0 Å². The quantitative estimate of drug-likeness (QED) is 0.818. The van der Waals surface area contributed by atoms with E-state index < -0.39 is 0 Å². The molecule has 3 nitrogen and oxygen atoms in total. The molecule has 1 saturated heterocycles. The molecule has 1 aliphatic carbocycles. The Kier molecular flexibility index (Phi) is 4.43. The molecule has 2 fully saturated rings. The summed E-state index contributed by atoms with van der Waals surface area (Å²) in [5, 5.41) is 3.49. The third-order valence-corrected chi connectivity index (χ3v) is 4.37. The zero-order valence-corrected chi connectivity index (χ0v) is 11.1. The lowest BCUT2D eigenvalue weighted by Crippen LogP contribution is -2.63. The minimum atomic E-state index is 0.168. The molecule has 1 saturated carbocycles. The molecule has 0 bridgehead atoms. The Bertz CT molecular complexity index is 251. The maximum atomic E-state index is 12.3. The van der Waals surface area contributed by atoms with E-state index in [1.165, 1.54) is 32.1 Å². The smallest absolute Gasteiger partial charge is 0.223 e. The Morgan fingerprint density at radius 3 is 2.76 bits per heavy atom. The first-order valence-electron chi connectivity index (χ1n) is 7.30. The third kappa shape index (κ3) is 2.82. The van der Waals surface area contributed by atoms with Crippen molar-refractivity contribution >= 4 is 5.91 Å². The normalized spacial score (nSPS) is 23.9. The minimum absolute atomic E-state index is 0.168. The largest absolute Gasteiger partial charge is 0.334 e. The molecule has 1 heterocycles. The minimum Gasteiger partial charge on any atom is -0.334 e. The van der Waals surface area contributed by atoms with Crippen LogP contribution in [0, 0.1) is 0 Å². The lowest BCUT2D eigenvalue weighted by molar-refractivity contribution is -0.141. The highest BCUT2D eigenvalue weighted by molar-refractivity contribution is 5.77. The van der Waals surface area contributed by atoms with Crippen LogP contribution in [0.1, 0.15) is 58.3 Å². The van der Waals surface area contributed by atoms with Crippen molar-refractivity contribution in [1.29, 1.82) is 0 Å². The van der Waals surface area contributed by atoms with Gasteiger partial charge in [-0.05, 0) is 19.3 Å². The molecule has 3 heteroatoms. The Labute approximate surface area is 105 Å². The second-order valence-corrected chi connectivity index (χ2v) is 5.61. The molecular weight excluding hydrogens is 212 g/mol. The number of hydrogen-bond acceptors (Lipinski definition) is 2. The summed E-state index contributed by atoms with van der Waals surface area (Å²) in [4.78, 5) is 14.5. The molecule has 0 atom stereocenters. The molecule has 1 aliphatic heterocycles. The van der Waals surface area contributed by atoms with Crippen molar-refractivity contribution in [1.82, 2.24) is 10.2 Å². The number of hydrogen-bond donors (Lipinski definition) is 1. The van der Waals surface area contributed by atoms with E-state index in [4.69, 9.17) is 0 Å². The van der Waals surface area contributed by atoms with E-state index in [-0.39, 0.29) is 5.54 Å². The number of carbonyl (C=O) groups excluding carboxylic acids is 1. The molecule has 17 heavy (non-hydrogen) atoms. The van der Waals surface area contributed by atoms with Crippen LogP contribution in [0.15, 0.2) is 0 Å². The van der Waals surface area contributed by atoms with Crippen LogP contribution in [0.4, 0.5) is 0 Å². The van der Waals surface area contributed by atoms with Crippen LogP contribution >= 0.6 is 0 Å². The maximum Gasteiger partial charge on any atom is 0.223 e. The van der Waals surface area contributed by atoms with Crippen LogP contribution in [-0.2, 0) is 4.79 Å². The van der Waals surface area contributed by atoms with Crippen LogP contribution < -0.4 is 5.32 Å². The highest BCUT2D eigenvalue weighted by atomic mass is 16.2. The molecule has 2 aliphatic rings. The molecular formula is C14H26N2O. The molecule has 1 N–H and O–H groups in total. The van der Waals surface area contributed by atoms with Gasteiger partial charge in [0.05, 0.1) is 5.54 Å². The fourth-order valence-electron chi connectivity index (χ4n) is 3.35. The molecule has 0 aromatic rings. The molecule has 1 spiro atoms. The van der Waals surface area contributed by atoms with Crippen molar-refractivity contribution in [3.8, 4) is 0 Å². The SMILES string of the molecule is CCCCC(=O)N1CCNCC12CCCCC2. The predicted octanol–water partition coefficient (Wildman–Crippen LogP) is 2.31. The number of amides is 1. The van der Waals surface area contributed by atoms with Gasteiger partial charge in [-0.2, -0.15) is 0 Å². The maximum absolute atomic E-state index is 12.3. The van der Waals surface area contributed by atoms with Gasteiger partial charge in [0.2, 0.25) is 5.91 Å². The average molecular weight is 238 g/mol. The van der Waals surface area contributed by atoms with Gasteiger partial charge in [0.1, 0.15) is 0 Å². The van der Waals surface area contributed by atoms with Crippen LogP contribution in [0.2, 0.25) is 0 Å². The van der Waals surface area contributed by atoms with Crippen molar-refractivity contribution in [2.45, 2.75) is 63.8 Å². The van der Waals surface area contributed by atoms with E-state index in [1.54, 1.807) is 0 Å². The summed E-state index contributed by atoms with van der Waals surface area (Å²) in [6, 6.07) is 0. The van der Waals surface area contributed by atoms with E-state index in [1.807, 2.05) is 0 Å². The summed E-state index contributed by atoms with van der Waals surface area (Å²) in [5.74, 6) is 0.398. The Balaban J connectivity index is 2.03. The van der Waals surface area contributed by atoms with E-state index in [2.05, 4.69) is 17.1 Å². The number of unbranched alkanes of at least 4 members (excludes halogenated alkanes) is 1. The van der Waals surface area contributed by atoms with Crippen molar-refractivity contribution < 1.29 is 4.79 Å². The van der Waals surface area contributed by atoms with Gasteiger partial charge in [-0.15, -0.1) is 0 Å². The van der Waals surface area contributed by atoms with Gasteiger partial charge in [-0.25, -0.2) is 0 Å². The number of carbonyl (C=O) groups is 1. The molecule has 0 radical (unpaired) electrons. The summed E-state index contributed by atoms with van der Waals surface area (Å²) < 4.78 is 0. The van der Waals surface area contributed by atoms with E-state index in [0.29, 0.717) is 5.91 Å². The highest BCUT2D eigenvalue weighted by Gasteiger charge is 2.41. The van der Waals surface area contributed by atoms with Gasteiger partial charge in [-0.1, -0.05) is 32.6 Å². The second kappa shape index (κ2) is 5.85. The van der Waals surface area contributed by atoms with Gasteiger partial charge in [0, 0.05) is 26.1 Å². The van der Waals surface area contributed by atoms with Crippen molar-refractivity contribution in [2.24, 2.45) is 0 Å². The van der Waals surface area contributed by atoms with Crippen molar-refractivity contribution in [3.05, 3.63) is 0 Å². The van der Waals surface area contributed by atoms with Gasteiger partial charge < -0.3 is 10.2 Å². The van der Waals surface area contributed by atoms with E-state index >= 15 is 0 Å². The molecule has 0 aromatic heterocycles. The second-order valence-electron chi connectivity index (χ2n) is 5.61. The number of piperazine rings is 1. The standard InChI is InChI=1S/C14H26N2O/c1-2-3-7-13(17)16-11-10-15-12-14(16)8-5-4-6-9-14/h15H,2-12H2,1H3. The summed E-state index contributed by atoms with van der Waals surface area (Å²) in [6.07, 6.45) is 9.24. The van der Waals surface area contributed by atoms with Gasteiger partial charge in [-0.3, -0.25) is 4.79 Å². The zero-order valence-electron chi connectivity index (χ0n) is 11.1. The molecule has 98 valence electrons. The first-order chi connectivity index (χ1) is 8.28. The summed E-state index contributed by atoms with van der Waals surface area (Å²) >= 11 is 0. The summed E-state index contributed by atoms with van der Waals surface area (Å²) in [6.45, 7) is 5.06. The van der Waals surface area contributed by atoms with Crippen molar-refractivity contribution in [3.63, 3.8) is 0 Å². The van der Waals surface area contributed by atoms with E-state index in [9.17, 15) is 4.79 Å². The first-order valence-corrected chi connectivity index (χ1v) is 7.30. The molecule has 2 rings (SSSR count). The average Bonchev–Trinajstić information content (AvgIpc) is 2.37. The lowest BCUT2D eigenvalue weighted by Gasteiger charge is -2.50. The summed E-state index contributed by atoms with van der Waals surface area (Å²) in [7, 11) is 0.